The van der Waals surface area contributed by atoms with Gasteiger partial charge in [-0.15, -0.1) is 0 Å². The molecule has 142 valence electrons. The molecule has 2 fully saturated rings. The Morgan fingerprint density at radius 3 is 2.96 bits per heavy atom. The lowest BCUT2D eigenvalue weighted by Gasteiger charge is -2.47. The first-order chi connectivity index (χ1) is 13.3. The first-order valence-corrected chi connectivity index (χ1v) is 9.28. The monoisotopic (exact) mass is 368 g/mol. The van der Waals surface area contributed by atoms with Crippen LogP contribution in [0.25, 0.3) is 0 Å². The Bertz CT molecular complexity index is 786. The highest BCUT2D eigenvalue weighted by Gasteiger charge is 2.39. The zero-order valence-corrected chi connectivity index (χ0v) is 15.5. The minimum atomic E-state index is -0.0143. The highest BCUT2D eigenvalue weighted by molar-refractivity contribution is 5.96. The van der Waals surface area contributed by atoms with Crippen LogP contribution in [0.5, 0.6) is 5.75 Å². The molecule has 7 nitrogen and oxygen atoms in total. The smallest absolute Gasteiger partial charge is 0.257 e. The number of piperidine rings is 1. The zero-order valence-electron chi connectivity index (χ0n) is 15.5. The zero-order chi connectivity index (χ0) is 18.6. The van der Waals surface area contributed by atoms with Gasteiger partial charge in [0.05, 0.1) is 37.6 Å². The van der Waals surface area contributed by atoms with Gasteiger partial charge in [-0.3, -0.25) is 19.7 Å². The molecule has 0 aromatic carbocycles. The fourth-order valence-corrected chi connectivity index (χ4v) is 3.94. The molecular formula is C20H24N4O3. The van der Waals surface area contributed by atoms with Crippen LogP contribution >= 0.6 is 0 Å². The Morgan fingerprint density at radius 1 is 1.26 bits per heavy atom. The van der Waals surface area contributed by atoms with Gasteiger partial charge in [-0.05, 0) is 24.1 Å². The number of aromatic nitrogens is 2. The summed E-state index contributed by atoms with van der Waals surface area (Å²) in [5.74, 6) is 0.497. The van der Waals surface area contributed by atoms with Crippen LogP contribution < -0.4 is 4.74 Å². The number of rotatable bonds is 4. The van der Waals surface area contributed by atoms with Crippen LogP contribution in [0.3, 0.4) is 0 Å². The molecule has 4 heterocycles. The third-order valence-corrected chi connectivity index (χ3v) is 5.33. The quantitative estimate of drug-likeness (QED) is 0.817. The fourth-order valence-electron chi connectivity index (χ4n) is 3.94. The molecule has 0 bridgehead atoms. The second-order valence-corrected chi connectivity index (χ2v) is 6.92. The van der Waals surface area contributed by atoms with Gasteiger partial charge < -0.3 is 14.4 Å². The van der Waals surface area contributed by atoms with Crippen molar-refractivity contribution in [3.8, 4) is 5.75 Å². The molecule has 1 amide bonds. The number of carbonyl (C=O) groups excluding carboxylic acids is 1. The van der Waals surface area contributed by atoms with Gasteiger partial charge in [0.25, 0.3) is 5.91 Å². The van der Waals surface area contributed by atoms with Gasteiger partial charge in [0.1, 0.15) is 5.75 Å². The average molecular weight is 368 g/mol. The van der Waals surface area contributed by atoms with Crippen LogP contribution in [0.2, 0.25) is 0 Å². The van der Waals surface area contributed by atoms with Gasteiger partial charge in [-0.1, -0.05) is 6.07 Å². The Morgan fingerprint density at radius 2 is 2.15 bits per heavy atom. The fraction of sp³-hybridized carbons (Fsp3) is 0.450. The number of carbonyl (C=O) groups is 1. The largest absolute Gasteiger partial charge is 0.494 e. The summed E-state index contributed by atoms with van der Waals surface area (Å²) in [6.07, 6.45) is 7.90. The van der Waals surface area contributed by atoms with E-state index in [0.717, 1.165) is 26.1 Å². The maximum atomic E-state index is 13.1. The van der Waals surface area contributed by atoms with Crippen LogP contribution in [0.1, 0.15) is 22.3 Å². The Balaban J connectivity index is 1.50. The van der Waals surface area contributed by atoms with Crippen molar-refractivity contribution in [1.82, 2.24) is 19.8 Å². The summed E-state index contributed by atoms with van der Waals surface area (Å²) in [7, 11) is 1.56. The lowest BCUT2D eigenvalue weighted by atomic mass is 9.97. The van der Waals surface area contributed by atoms with Gasteiger partial charge in [0.2, 0.25) is 0 Å². The number of nitrogens with zero attached hydrogens (tertiary/aromatic N) is 4. The number of likely N-dealkylation sites (tertiary alicyclic amines) is 1. The second kappa shape index (κ2) is 8.02. The van der Waals surface area contributed by atoms with Crippen molar-refractivity contribution in [3.63, 3.8) is 0 Å². The predicted octanol–water partition coefficient (Wildman–Crippen LogP) is 1.60. The van der Waals surface area contributed by atoms with Crippen LogP contribution in [0, 0.1) is 0 Å². The van der Waals surface area contributed by atoms with Crippen molar-refractivity contribution in [1.29, 1.82) is 0 Å². The first kappa shape index (κ1) is 17.9. The SMILES string of the molecule is COc1cnccc1C(=O)N1CC[C@@H]2OCCN(Cc3cccnc3)[C@H]2C1. The molecule has 0 radical (unpaired) electrons. The van der Waals surface area contributed by atoms with Gasteiger partial charge >= 0.3 is 0 Å². The Hall–Kier alpha value is -2.51. The topological polar surface area (TPSA) is 67.8 Å². The van der Waals surface area contributed by atoms with Crippen molar-refractivity contribution in [2.45, 2.75) is 25.1 Å². The summed E-state index contributed by atoms with van der Waals surface area (Å²) < 4.78 is 11.3. The third kappa shape index (κ3) is 3.79. The summed E-state index contributed by atoms with van der Waals surface area (Å²) in [5.41, 5.74) is 1.74. The van der Waals surface area contributed by atoms with E-state index in [1.54, 1.807) is 31.8 Å². The van der Waals surface area contributed by atoms with Crippen molar-refractivity contribution in [3.05, 3.63) is 54.1 Å². The number of hydrogen-bond acceptors (Lipinski definition) is 6. The number of amides is 1. The standard InChI is InChI=1S/C20H24N4O3/c1-26-19-12-22-7-4-16(19)20(25)24-8-5-18-17(14-24)23(9-10-27-18)13-15-3-2-6-21-11-15/h2-4,6-7,11-12,17-18H,5,8-10,13-14H2,1H3/t17-,18-/m0/s1. The molecule has 0 N–H and O–H groups in total. The van der Waals surface area contributed by atoms with E-state index < -0.39 is 0 Å². The van der Waals surface area contributed by atoms with E-state index in [1.807, 2.05) is 17.2 Å². The highest BCUT2D eigenvalue weighted by atomic mass is 16.5. The number of fused-ring (bicyclic) bond motifs is 1. The molecule has 2 atom stereocenters. The van der Waals surface area contributed by atoms with Crippen LogP contribution in [-0.4, -0.2) is 71.2 Å². The van der Waals surface area contributed by atoms with Gasteiger partial charge in [0, 0.05) is 44.8 Å². The van der Waals surface area contributed by atoms with E-state index in [0.29, 0.717) is 24.4 Å². The molecule has 0 unspecified atom stereocenters. The number of hydrogen-bond donors (Lipinski definition) is 0. The molecule has 0 saturated carbocycles. The van der Waals surface area contributed by atoms with Crippen molar-refractivity contribution >= 4 is 5.91 Å². The summed E-state index contributed by atoms with van der Waals surface area (Å²) in [6.45, 7) is 3.74. The molecule has 0 spiro atoms. The molecule has 2 aromatic rings. The molecule has 4 rings (SSSR count). The number of ether oxygens (including phenoxy) is 2. The van der Waals surface area contributed by atoms with E-state index in [4.69, 9.17) is 9.47 Å². The molecule has 2 saturated heterocycles. The van der Waals surface area contributed by atoms with Gasteiger partial charge in [-0.25, -0.2) is 0 Å². The minimum absolute atomic E-state index is 0.0143. The van der Waals surface area contributed by atoms with Crippen molar-refractivity contribution in [2.75, 3.05) is 33.4 Å². The number of morpholine rings is 1. The number of methoxy groups -OCH3 is 1. The van der Waals surface area contributed by atoms with Crippen LogP contribution in [-0.2, 0) is 11.3 Å². The van der Waals surface area contributed by atoms with E-state index >= 15 is 0 Å². The second-order valence-electron chi connectivity index (χ2n) is 6.92. The van der Waals surface area contributed by atoms with Crippen molar-refractivity contribution < 1.29 is 14.3 Å². The van der Waals surface area contributed by atoms with E-state index in [2.05, 4.69) is 20.9 Å². The Labute approximate surface area is 158 Å². The summed E-state index contributed by atoms with van der Waals surface area (Å²) in [4.78, 5) is 25.6. The predicted molar refractivity (Wildman–Crippen MR) is 99.5 cm³/mol. The molecule has 0 aliphatic carbocycles. The average Bonchev–Trinajstić information content (AvgIpc) is 2.74. The third-order valence-electron chi connectivity index (χ3n) is 5.33. The molecule has 27 heavy (non-hydrogen) atoms. The maximum Gasteiger partial charge on any atom is 0.257 e. The van der Waals surface area contributed by atoms with E-state index in [9.17, 15) is 4.79 Å². The lowest BCUT2D eigenvalue weighted by Crippen LogP contribution is -2.60. The van der Waals surface area contributed by atoms with E-state index in [1.165, 1.54) is 5.56 Å². The molecule has 7 heteroatoms. The molecule has 2 aliphatic rings. The molecule has 2 aliphatic heterocycles. The van der Waals surface area contributed by atoms with Crippen LogP contribution in [0.4, 0.5) is 0 Å². The van der Waals surface area contributed by atoms with Gasteiger partial charge in [0.15, 0.2) is 0 Å². The van der Waals surface area contributed by atoms with Crippen molar-refractivity contribution in [2.24, 2.45) is 0 Å². The van der Waals surface area contributed by atoms with E-state index in [-0.39, 0.29) is 18.1 Å². The van der Waals surface area contributed by atoms with Gasteiger partial charge in [-0.2, -0.15) is 0 Å². The number of pyridine rings is 2. The molecule has 2 aromatic heterocycles. The maximum absolute atomic E-state index is 13.1. The first-order valence-electron chi connectivity index (χ1n) is 9.28. The van der Waals surface area contributed by atoms with Crippen LogP contribution in [0.15, 0.2) is 43.0 Å². The minimum Gasteiger partial charge on any atom is -0.494 e. The summed E-state index contributed by atoms with van der Waals surface area (Å²) in [6, 6.07) is 5.95. The summed E-state index contributed by atoms with van der Waals surface area (Å²) in [5, 5.41) is 0. The lowest BCUT2D eigenvalue weighted by molar-refractivity contribution is -0.101. The summed E-state index contributed by atoms with van der Waals surface area (Å²) >= 11 is 0. The highest BCUT2D eigenvalue weighted by Crippen LogP contribution is 2.27. The Kier molecular flexibility index (Phi) is 5.31. The molecular weight excluding hydrogens is 344 g/mol. The normalized spacial score (nSPS) is 22.9.